The van der Waals surface area contributed by atoms with Crippen molar-refractivity contribution >= 4 is 49.0 Å². The second-order valence-electron chi connectivity index (χ2n) is 2.33. The molecule has 0 N–H and O–H groups in total. The molecule has 62 valence electrons. The summed E-state index contributed by atoms with van der Waals surface area (Å²) in [4.78, 5) is 0. The highest BCUT2D eigenvalue weighted by molar-refractivity contribution is 9.10. The molecular weight excluding hydrogens is 263 g/mol. The van der Waals surface area contributed by atoms with Crippen LogP contribution in [0.3, 0.4) is 0 Å². The molecule has 0 atom stereocenters. The van der Waals surface area contributed by atoms with Gasteiger partial charge < -0.3 is 0 Å². The predicted octanol–water partition coefficient (Wildman–Crippen LogP) is 4.46. The van der Waals surface area contributed by atoms with E-state index in [1.807, 2.05) is 6.07 Å². The zero-order valence-electron chi connectivity index (χ0n) is 5.77. The minimum Gasteiger partial charge on any atom is -0.204 e. The number of rotatable bonds is 0. The van der Waals surface area contributed by atoms with E-state index in [4.69, 9.17) is 11.6 Å². The van der Waals surface area contributed by atoms with Crippen molar-refractivity contribution in [1.82, 2.24) is 0 Å². The summed E-state index contributed by atoms with van der Waals surface area (Å²) in [6, 6.07) is 5.28. The van der Waals surface area contributed by atoms with Crippen molar-refractivity contribution in [2.24, 2.45) is 0 Å². The van der Waals surface area contributed by atoms with Crippen LogP contribution in [0.4, 0.5) is 4.39 Å². The Morgan fingerprint density at radius 1 is 1.42 bits per heavy atom. The Balaban J connectivity index is 2.89. The molecule has 12 heavy (non-hydrogen) atoms. The lowest BCUT2D eigenvalue weighted by atomic mass is 10.3. The lowest BCUT2D eigenvalue weighted by Gasteiger charge is -1.93. The standard InChI is InChI=1S/C8H3BrClFS/c9-5-2-1-4-3-6(10)12-8(4)7(5)11/h1-3H. The highest BCUT2D eigenvalue weighted by Crippen LogP contribution is 2.34. The molecule has 0 fully saturated rings. The van der Waals surface area contributed by atoms with Gasteiger partial charge in [-0.3, -0.25) is 0 Å². The lowest BCUT2D eigenvalue weighted by Crippen LogP contribution is -1.74. The minimum atomic E-state index is -0.232. The van der Waals surface area contributed by atoms with Gasteiger partial charge in [0.1, 0.15) is 0 Å². The van der Waals surface area contributed by atoms with Gasteiger partial charge in [0.2, 0.25) is 0 Å². The first-order valence-corrected chi connectivity index (χ1v) is 5.20. The van der Waals surface area contributed by atoms with E-state index in [0.717, 1.165) is 5.39 Å². The summed E-state index contributed by atoms with van der Waals surface area (Å²) in [7, 11) is 0. The van der Waals surface area contributed by atoms with E-state index in [0.29, 0.717) is 13.5 Å². The number of thiophene rings is 1. The smallest absolute Gasteiger partial charge is 0.155 e. The van der Waals surface area contributed by atoms with E-state index in [-0.39, 0.29) is 5.82 Å². The van der Waals surface area contributed by atoms with Gasteiger partial charge in [-0.2, -0.15) is 0 Å². The number of halogens is 3. The second-order valence-corrected chi connectivity index (χ2v) is 4.87. The van der Waals surface area contributed by atoms with Crippen LogP contribution in [0.1, 0.15) is 0 Å². The maximum absolute atomic E-state index is 13.3. The molecular formula is C8H3BrClFS. The van der Waals surface area contributed by atoms with E-state index < -0.39 is 0 Å². The molecule has 0 saturated carbocycles. The molecule has 0 aliphatic rings. The molecule has 0 nitrogen and oxygen atoms in total. The summed E-state index contributed by atoms with van der Waals surface area (Å²) in [6.07, 6.45) is 0. The van der Waals surface area contributed by atoms with E-state index in [1.165, 1.54) is 11.3 Å². The maximum atomic E-state index is 13.3. The molecule has 0 bridgehead atoms. The fraction of sp³-hybridized carbons (Fsp3) is 0. The van der Waals surface area contributed by atoms with Crippen molar-refractivity contribution in [2.45, 2.75) is 0 Å². The Labute approximate surface area is 86.1 Å². The highest BCUT2D eigenvalue weighted by Gasteiger charge is 2.07. The average molecular weight is 266 g/mol. The fourth-order valence-electron chi connectivity index (χ4n) is 1.01. The summed E-state index contributed by atoms with van der Waals surface area (Å²) >= 11 is 10.1. The molecule has 0 radical (unpaired) electrons. The normalized spacial score (nSPS) is 10.9. The molecule has 1 heterocycles. The van der Waals surface area contributed by atoms with Crippen LogP contribution in [-0.2, 0) is 0 Å². The minimum absolute atomic E-state index is 0.232. The third-order valence-electron chi connectivity index (χ3n) is 1.55. The molecule has 0 aliphatic carbocycles. The van der Waals surface area contributed by atoms with Crippen molar-refractivity contribution in [1.29, 1.82) is 0 Å². The van der Waals surface area contributed by atoms with Crippen molar-refractivity contribution in [3.05, 3.63) is 32.8 Å². The molecule has 0 aliphatic heterocycles. The van der Waals surface area contributed by atoms with Gasteiger partial charge in [0, 0.05) is 0 Å². The van der Waals surface area contributed by atoms with Crippen molar-refractivity contribution < 1.29 is 4.39 Å². The largest absolute Gasteiger partial charge is 0.204 e. The number of hydrogen-bond donors (Lipinski definition) is 0. The van der Waals surface area contributed by atoms with E-state index >= 15 is 0 Å². The molecule has 4 heteroatoms. The van der Waals surface area contributed by atoms with Crippen molar-refractivity contribution in [3.8, 4) is 0 Å². The van der Waals surface area contributed by atoms with Crippen LogP contribution in [0.2, 0.25) is 4.34 Å². The first kappa shape index (κ1) is 8.48. The zero-order chi connectivity index (χ0) is 8.72. The second kappa shape index (κ2) is 2.98. The average Bonchev–Trinajstić information content (AvgIpc) is 2.39. The van der Waals surface area contributed by atoms with E-state index in [9.17, 15) is 4.39 Å². The SMILES string of the molecule is Fc1c(Br)ccc2cc(Cl)sc12. The third kappa shape index (κ3) is 1.26. The van der Waals surface area contributed by atoms with Gasteiger partial charge in [0.05, 0.1) is 13.5 Å². The third-order valence-corrected chi connectivity index (χ3v) is 3.43. The zero-order valence-corrected chi connectivity index (χ0v) is 8.93. The highest BCUT2D eigenvalue weighted by atomic mass is 79.9. The Kier molecular flexibility index (Phi) is 2.10. The molecule has 0 unspecified atom stereocenters. The first-order chi connectivity index (χ1) is 5.68. The molecule has 1 aromatic heterocycles. The first-order valence-electron chi connectivity index (χ1n) is 3.21. The van der Waals surface area contributed by atoms with Crippen LogP contribution in [-0.4, -0.2) is 0 Å². The summed E-state index contributed by atoms with van der Waals surface area (Å²) in [5, 5.41) is 0.853. The summed E-state index contributed by atoms with van der Waals surface area (Å²) in [5.41, 5.74) is 0. The number of hydrogen-bond acceptors (Lipinski definition) is 1. The predicted molar refractivity (Wildman–Crippen MR) is 54.5 cm³/mol. The van der Waals surface area contributed by atoms with Crippen molar-refractivity contribution in [2.75, 3.05) is 0 Å². The number of fused-ring (bicyclic) bond motifs is 1. The topological polar surface area (TPSA) is 0 Å². The quantitative estimate of drug-likeness (QED) is 0.660. The Bertz CT molecular complexity index is 438. The fourth-order valence-corrected chi connectivity index (χ4v) is 2.65. The van der Waals surface area contributed by atoms with Gasteiger partial charge in [0.15, 0.2) is 5.82 Å². The van der Waals surface area contributed by atoms with Crippen LogP contribution in [0, 0.1) is 5.82 Å². The summed E-state index contributed by atoms with van der Waals surface area (Å²) in [6.45, 7) is 0. The van der Waals surface area contributed by atoms with E-state index in [1.54, 1.807) is 12.1 Å². The molecule has 0 spiro atoms. The lowest BCUT2D eigenvalue weighted by molar-refractivity contribution is 0.635. The Morgan fingerprint density at radius 3 is 2.92 bits per heavy atom. The van der Waals surface area contributed by atoms with Crippen molar-refractivity contribution in [3.63, 3.8) is 0 Å². The van der Waals surface area contributed by atoms with Gasteiger partial charge in [-0.1, -0.05) is 17.7 Å². The monoisotopic (exact) mass is 264 g/mol. The summed E-state index contributed by atoms with van der Waals surface area (Å²) in [5.74, 6) is -0.232. The van der Waals surface area contributed by atoms with Gasteiger partial charge in [-0.15, -0.1) is 11.3 Å². The van der Waals surface area contributed by atoms with Crippen LogP contribution in [0.5, 0.6) is 0 Å². The van der Waals surface area contributed by atoms with Crippen LogP contribution >= 0.6 is 38.9 Å². The molecule has 0 amide bonds. The van der Waals surface area contributed by atoms with E-state index in [2.05, 4.69) is 15.9 Å². The molecule has 0 saturated heterocycles. The maximum Gasteiger partial charge on any atom is 0.155 e. The molecule has 2 rings (SSSR count). The van der Waals surface area contributed by atoms with Gasteiger partial charge in [0.25, 0.3) is 0 Å². The Morgan fingerprint density at radius 2 is 2.17 bits per heavy atom. The Hall–Kier alpha value is -0.120. The van der Waals surface area contributed by atoms with Crippen LogP contribution in [0.15, 0.2) is 22.7 Å². The molecule has 1 aromatic carbocycles. The van der Waals surface area contributed by atoms with Crippen LogP contribution < -0.4 is 0 Å². The summed E-state index contributed by atoms with van der Waals surface area (Å²) < 4.78 is 15.0. The number of benzene rings is 1. The van der Waals surface area contributed by atoms with Gasteiger partial charge in [-0.25, -0.2) is 4.39 Å². The van der Waals surface area contributed by atoms with Crippen LogP contribution in [0.25, 0.3) is 10.1 Å². The van der Waals surface area contributed by atoms with Gasteiger partial charge in [-0.05, 0) is 33.4 Å². The molecule has 2 aromatic rings. The van der Waals surface area contributed by atoms with Gasteiger partial charge >= 0.3 is 0 Å².